The lowest BCUT2D eigenvalue weighted by atomic mass is 10.0. The Morgan fingerprint density at radius 3 is 2.23 bits per heavy atom. The highest BCUT2D eigenvalue weighted by molar-refractivity contribution is 5.98. The zero-order valence-electron chi connectivity index (χ0n) is 17.7. The molecule has 2 N–H and O–H groups in total. The summed E-state index contributed by atoms with van der Waals surface area (Å²) >= 11 is 0. The summed E-state index contributed by atoms with van der Waals surface area (Å²) < 4.78 is 5.94. The van der Waals surface area contributed by atoms with Crippen LogP contribution in [-0.4, -0.2) is 17.9 Å². The van der Waals surface area contributed by atoms with Crippen molar-refractivity contribution in [1.82, 2.24) is 5.32 Å². The van der Waals surface area contributed by atoms with Crippen LogP contribution in [0.25, 0.3) is 0 Å². The number of unbranched alkanes of at least 4 members (excludes halogenated alkanes) is 1. The Labute approximate surface area is 183 Å². The fourth-order valence-corrected chi connectivity index (χ4v) is 3.16. The maximum Gasteiger partial charge on any atom is 0.247 e. The van der Waals surface area contributed by atoms with Gasteiger partial charge in [-0.2, -0.15) is 0 Å². The second-order valence-corrected chi connectivity index (χ2v) is 7.31. The van der Waals surface area contributed by atoms with Gasteiger partial charge in [-0.25, -0.2) is 0 Å². The van der Waals surface area contributed by atoms with Gasteiger partial charge in [0.2, 0.25) is 11.8 Å². The van der Waals surface area contributed by atoms with Crippen molar-refractivity contribution in [2.75, 3.05) is 5.32 Å². The van der Waals surface area contributed by atoms with Crippen LogP contribution in [0.15, 0.2) is 84.9 Å². The molecule has 0 spiro atoms. The van der Waals surface area contributed by atoms with E-state index in [1.54, 1.807) is 12.1 Å². The molecule has 3 rings (SSSR count). The van der Waals surface area contributed by atoms with Crippen LogP contribution in [0.5, 0.6) is 11.5 Å². The van der Waals surface area contributed by atoms with Gasteiger partial charge in [0.05, 0.1) is 5.69 Å². The number of benzene rings is 3. The van der Waals surface area contributed by atoms with E-state index in [1.165, 1.54) is 0 Å². The highest BCUT2D eigenvalue weighted by Crippen LogP contribution is 2.29. The van der Waals surface area contributed by atoms with Gasteiger partial charge in [0, 0.05) is 12.8 Å². The molecule has 0 fully saturated rings. The first kappa shape index (κ1) is 22.1. The fraction of sp³-hybridized carbons (Fsp3) is 0.231. The summed E-state index contributed by atoms with van der Waals surface area (Å²) in [7, 11) is 0. The van der Waals surface area contributed by atoms with Gasteiger partial charge < -0.3 is 15.4 Å². The fourth-order valence-electron chi connectivity index (χ4n) is 3.16. The predicted molar refractivity (Wildman–Crippen MR) is 123 cm³/mol. The first-order valence-corrected chi connectivity index (χ1v) is 10.6. The predicted octanol–water partition coefficient (Wildman–Crippen LogP) is 5.34. The Bertz CT molecular complexity index is 974. The van der Waals surface area contributed by atoms with Crippen molar-refractivity contribution in [3.63, 3.8) is 0 Å². The number of hydrogen-bond acceptors (Lipinski definition) is 3. The number of rotatable bonds is 10. The zero-order chi connectivity index (χ0) is 21.9. The van der Waals surface area contributed by atoms with Gasteiger partial charge in [-0.05, 0) is 36.2 Å². The molecular weight excluding hydrogens is 388 g/mol. The molecule has 5 nitrogen and oxygen atoms in total. The smallest absolute Gasteiger partial charge is 0.247 e. The van der Waals surface area contributed by atoms with Gasteiger partial charge >= 0.3 is 0 Å². The van der Waals surface area contributed by atoms with Crippen LogP contribution in [-0.2, 0) is 16.0 Å². The molecule has 1 unspecified atom stereocenters. The monoisotopic (exact) mass is 416 g/mol. The SMILES string of the molecule is CCCCC(=O)NC(Cc1ccccc1)C(=O)Nc1ccccc1Oc1ccccc1. The zero-order valence-corrected chi connectivity index (χ0v) is 17.7. The Morgan fingerprint density at radius 1 is 0.871 bits per heavy atom. The molecule has 31 heavy (non-hydrogen) atoms. The van der Waals surface area contributed by atoms with Crippen LogP contribution in [0.3, 0.4) is 0 Å². The molecule has 0 saturated carbocycles. The van der Waals surface area contributed by atoms with Crippen molar-refractivity contribution in [3.8, 4) is 11.5 Å². The number of anilines is 1. The highest BCUT2D eigenvalue weighted by atomic mass is 16.5. The third-order valence-corrected chi connectivity index (χ3v) is 4.81. The van der Waals surface area contributed by atoms with Gasteiger partial charge in [0.1, 0.15) is 11.8 Å². The van der Waals surface area contributed by atoms with Gasteiger partial charge in [0.25, 0.3) is 0 Å². The van der Waals surface area contributed by atoms with Gasteiger partial charge in [-0.15, -0.1) is 0 Å². The number of ether oxygens (including phenoxy) is 1. The van der Waals surface area contributed by atoms with E-state index >= 15 is 0 Å². The molecule has 0 radical (unpaired) electrons. The number of carbonyl (C=O) groups is 2. The summed E-state index contributed by atoms with van der Waals surface area (Å²) in [6.45, 7) is 2.03. The van der Waals surface area contributed by atoms with Crippen molar-refractivity contribution in [2.45, 2.75) is 38.6 Å². The molecule has 3 aromatic rings. The van der Waals surface area contributed by atoms with Crippen LogP contribution < -0.4 is 15.4 Å². The Morgan fingerprint density at radius 2 is 1.52 bits per heavy atom. The van der Waals surface area contributed by atoms with E-state index in [0.29, 0.717) is 30.0 Å². The minimum Gasteiger partial charge on any atom is -0.455 e. The van der Waals surface area contributed by atoms with Crippen LogP contribution in [0, 0.1) is 0 Å². The minimum absolute atomic E-state index is 0.119. The first-order chi connectivity index (χ1) is 15.2. The molecule has 0 aliphatic carbocycles. The van der Waals surface area contributed by atoms with E-state index in [4.69, 9.17) is 4.74 Å². The standard InChI is InChI=1S/C26H28N2O3/c1-2-3-18-25(29)27-23(19-20-12-6-4-7-13-20)26(30)28-22-16-10-11-17-24(22)31-21-14-8-5-9-15-21/h4-17,23H,2-3,18-19H2,1H3,(H,27,29)(H,28,30). The van der Waals surface area contributed by atoms with Gasteiger partial charge in [0.15, 0.2) is 5.75 Å². The van der Waals surface area contributed by atoms with Crippen molar-refractivity contribution in [2.24, 2.45) is 0 Å². The van der Waals surface area contributed by atoms with Crippen molar-refractivity contribution >= 4 is 17.5 Å². The third-order valence-electron chi connectivity index (χ3n) is 4.81. The summed E-state index contributed by atoms with van der Waals surface area (Å²) in [5, 5.41) is 5.83. The lowest BCUT2D eigenvalue weighted by Crippen LogP contribution is -2.45. The van der Waals surface area contributed by atoms with E-state index in [9.17, 15) is 9.59 Å². The number of nitrogens with one attached hydrogen (secondary N) is 2. The maximum absolute atomic E-state index is 13.1. The quantitative estimate of drug-likeness (QED) is 0.469. The molecule has 3 aromatic carbocycles. The Kier molecular flexibility index (Phi) is 8.23. The topological polar surface area (TPSA) is 67.4 Å². The number of carbonyl (C=O) groups excluding carboxylic acids is 2. The number of hydrogen-bond donors (Lipinski definition) is 2. The molecule has 0 aliphatic heterocycles. The van der Waals surface area contributed by atoms with E-state index in [2.05, 4.69) is 10.6 Å². The van der Waals surface area contributed by atoms with Crippen LogP contribution >= 0.6 is 0 Å². The normalized spacial score (nSPS) is 11.4. The molecule has 0 aliphatic rings. The minimum atomic E-state index is -0.684. The van der Waals surface area contributed by atoms with Crippen LogP contribution in [0.1, 0.15) is 31.7 Å². The largest absolute Gasteiger partial charge is 0.455 e. The third kappa shape index (κ3) is 7.00. The first-order valence-electron chi connectivity index (χ1n) is 10.6. The molecule has 0 bridgehead atoms. The lowest BCUT2D eigenvalue weighted by molar-refractivity contribution is -0.126. The maximum atomic E-state index is 13.1. The van der Waals surface area contributed by atoms with Crippen molar-refractivity contribution in [3.05, 3.63) is 90.5 Å². The number of amides is 2. The molecule has 0 saturated heterocycles. The molecule has 2 amide bonds. The second-order valence-electron chi connectivity index (χ2n) is 7.31. The van der Waals surface area contributed by atoms with Gasteiger partial charge in [-0.1, -0.05) is 74.0 Å². The van der Waals surface area contributed by atoms with Gasteiger partial charge in [-0.3, -0.25) is 9.59 Å². The van der Waals surface area contributed by atoms with E-state index in [1.807, 2.05) is 79.7 Å². The molecule has 0 heterocycles. The van der Waals surface area contributed by atoms with E-state index < -0.39 is 6.04 Å². The summed E-state index contributed by atoms with van der Waals surface area (Å²) in [5.41, 5.74) is 1.53. The molecule has 5 heteroatoms. The molecular formula is C26H28N2O3. The summed E-state index contributed by atoms with van der Waals surface area (Å²) in [5.74, 6) is 0.820. The van der Waals surface area contributed by atoms with Crippen molar-refractivity contribution < 1.29 is 14.3 Å². The Hall–Kier alpha value is -3.60. The molecule has 0 aromatic heterocycles. The Balaban J connectivity index is 1.75. The summed E-state index contributed by atoms with van der Waals surface area (Å²) in [4.78, 5) is 25.5. The highest BCUT2D eigenvalue weighted by Gasteiger charge is 2.22. The van der Waals surface area contributed by atoms with Crippen LogP contribution in [0.2, 0.25) is 0 Å². The van der Waals surface area contributed by atoms with Crippen molar-refractivity contribution in [1.29, 1.82) is 0 Å². The summed E-state index contributed by atoms with van der Waals surface area (Å²) in [6.07, 6.45) is 2.53. The average Bonchev–Trinajstić information content (AvgIpc) is 2.80. The number of para-hydroxylation sites is 3. The summed E-state index contributed by atoms with van der Waals surface area (Å²) in [6, 6.07) is 25.6. The molecule has 1 atom stereocenters. The average molecular weight is 417 g/mol. The van der Waals surface area contributed by atoms with E-state index in [0.717, 1.165) is 18.4 Å². The lowest BCUT2D eigenvalue weighted by Gasteiger charge is -2.20. The second kappa shape index (κ2) is 11.6. The molecule has 160 valence electrons. The van der Waals surface area contributed by atoms with E-state index in [-0.39, 0.29) is 11.8 Å². The van der Waals surface area contributed by atoms with Crippen LogP contribution in [0.4, 0.5) is 5.69 Å².